The maximum absolute atomic E-state index is 5.88. The molecule has 0 unspecified atom stereocenters. The second kappa shape index (κ2) is 4.45. The van der Waals surface area contributed by atoms with Gasteiger partial charge in [0.25, 0.3) is 0 Å². The van der Waals surface area contributed by atoms with Gasteiger partial charge in [-0.25, -0.2) is 0 Å². The van der Waals surface area contributed by atoms with Crippen LogP contribution in [0, 0.1) is 0 Å². The predicted octanol–water partition coefficient (Wildman–Crippen LogP) is 3.09. The summed E-state index contributed by atoms with van der Waals surface area (Å²) in [5.74, 6) is 0. The van der Waals surface area contributed by atoms with Crippen molar-refractivity contribution in [1.29, 1.82) is 0 Å². The average Bonchev–Trinajstić information content (AvgIpc) is 2.16. The number of hydrogen-bond donors (Lipinski definition) is 1. The lowest BCUT2D eigenvalue weighted by Gasteiger charge is -2.12. The summed E-state index contributed by atoms with van der Waals surface area (Å²) in [5.41, 5.74) is 8.17. The van der Waals surface area contributed by atoms with Crippen LogP contribution in [-0.4, -0.2) is 0 Å². The van der Waals surface area contributed by atoms with Crippen molar-refractivity contribution in [2.24, 2.45) is 5.73 Å². The highest BCUT2D eigenvalue weighted by Crippen LogP contribution is 2.21. The molecule has 70 valence electrons. The van der Waals surface area contributed by atoms with Crippen LogP contribution < -0.4 is 5.73 Å². The van der Waals surface area contributed by atoms with Gasteiger partial charge in [0.1, 0.15) is 0 Å². The van der Waals surface area contributed by atoms with E-state index in [1.807, 2.05) is 18.2 Å². The van der Waals surface area contributed by atoms with Crippen molar-refractivity contribution in [1.82, 2.24) is 0 Å². The van der Waals surface area contributed by atoms with Gasteiger partial charge in [0.2, 0.25) is 0 Å². The zero-order valence-electron chi connectivity index (χ0n) is 7.76. The highest BCUT2D eigenvalue weighted by atomic mass is 35.5. The number of benzene rings is 1. The van der Waals surface area contributed by atoms with Crippen LogP contribution in [0.1, 0.15) is 24.1 Å². The number of rotatable bonds is 3. The first kappa shape index (κ1) is 10.3. The van der Waals surface area contributed by atoms with Gasteiger partial charge in [-0.3, -0.25) is 0 Å². The van der Waals surface area contributed by atoms with Crippen LogP contribution in [0.4, 0.5) is 0 Å². The van der Waals surface area contributed by atoms with Gasteiger partial charge in [-0.1, -0.05) is 30.7 Å². The van der Waals surface area contributed by atoms with E-state index in [1.165, 1.54) is 5.56 Å². The van der Waals surface area contributed by atoms with E-state index in [1.54, 1.807) is 6.08 Å². The van der Waals surface area contributed by atoms with E-state index >= 15 is 0 Å². The number of hydrogen-bond acceptors (Lipinski definition) is 1. The van der Waals surface area contributed by atoms with E-state index < -0.39 is 0 Å². The van der Waals surface area contributed by atoms with Crippen molar-refractivity contribution in [3.05, 3.63) is 47.0 Å². The van der Waals surface area contributed by atoms with Crippen LogP contribution in [0.5, 0.6) is 0 Å². The van der Waals surface area contributed by atoms with Gasteiger partial charge in [0.05, 0.1) is 0 Å². The molecule has 1 atom stereocenters. The van der Waals surface area contributed by atoms with E-state index in [0.717, 1.165) is 17.0 Å². The Balaban J connectivity index is 3.12. The summed E-state index contributed by atoms with van der Waals surface area (Å²) in [7, 11) is 0. The Bertz CT molecular complexity index is 307. The Morgan fingerprint density at radius 2 is 2.31 bits per heavy atom. The molecule has 1 aromatic rings. The quantitative estimate of drug-likeness (QED) is 0.738. The van der Waals surface area contributed by atoms with Crippen LogP contribution in [0.2, 0.25) is 5.02 Å². The maximum atomic E-state index is 5.88. The Morgan fingerprint density at radius 1 is 1.62 bits per heavy atom. The molecular weight excluding hydrogens is 182 g/mol. The van der Waals surface area contributed by atoms with Gasteiger partial charge < -0.3 is 5.73 Å². The highest BCUT2D eigenvalue weighted by Gasteiger charge is 2.06. The first-order chi connectivity index (χ1) is 6.19. The summed E-state index contributed by atoms with van der Waals surface area (Å²) >= 11 is 5.88. The molecule has 1 nitrogen and oxygen atoms in total. The molecule has 0 aliphatic carbocycles. The van der Waals surface area contributed by atoms with Gasteiger partial charge in [-0.15, -0.1) is 6.58 Å². The molecule has 0 fully saturated rings. The summed E-state index contributed by atoms with van der Waals surface area (Å²) in [5, 5.41) is 0.761. The standard InChI is InChI=1S/C11H14ClN/c1-3-8-7-9(12)5-6-10(8)11(13)4-2/h4-7,11H,2-3,13H2,1H3/t11-/m0/s1. The molecule has 0 spiro atoms. The Morgan fingerprint density at radius 3 is 2.85 bits per heavy atom. The average molecular weight is 196 g/mol. The summed E-state index contributed by atoms with van der Waals surface area (Å²) in [4.78, 5) is 0. The lowest BCUT2D eigenvalue weighted by molar-refractivity contribution is 0.886. The largest absolute Gasteiger partial charge is 0.321 e. The van der Waals surface area contributed by atoms with E-state index in [9.17, 15) is 0 Å². The summed E-state index contributed by atoms with van der Waals surface area (Å²) in [6.07, 6.45) is 2.68. The Hall–Kier alpha value is -0.790. The van der Waals surface area contributed by atoms with Crippen LogP contribution in [0.3, 0.4) is 0 Å². The minimum Gasteiger partial charge on any atom is -0.321 e. The van der Waals surface area contributed by atoms with Gasteiger partial charge in [0, 0.05) is 11.1 Å². The molecule has 0 amide bonds. The van der Waals surface area contributed by atoms with Crippen LogP contribution >= 0.6 is 11.6 Å². The van der Waals surface area contributed by atoms with Crippen LogP contribution in [-0.2, 0) is 6.42 Å². The summed E-state index contributed by atoms with van der Waals surface area (Å²) in [6, 6.07) is 5.69. The molecule has 0 saturated carbocycles. The third-order valence-corrected chi connectivity index (χ3v) is 2.33. The zero-order valence-corrected chi connectivity index (χ0v) is 8.51. The minimum absolute atomic E-state index is 0.0905. The number of aryl methyl sites for hydroxylation is 1. The van der Waals surface area contributed by atoms with Crippen molar-refractivity contribution in [2.75, 3.05) is 0 Å². The number of halogens is 1. The fraction of sp³-hybridized carbons (Fsp3) is 0.273. The lowest BCUT2D eigenvalue weighted by Crippen LogP contribution is -2.09. The van der Waals surface area contributed by atoms with Crippen molar-refractivity contribution < 1.29 is 0 Å². The van der Waals surface area contributed by atoms with Crippen molar-refractivity contribution in [3.8, 4) is 0 Å². The van der Waals surface area contributed by atoms with E-state index in [0.29, 0.717) is 0 Å². The third-order valence-electron chi connectivity index (χ3n) is 2.10. The fourth-order valence-electron chi connectivity index (χ4n) is 1.33. The van der Waals surface area contributed by atoms with E-state index in [4.69, 9.17) is 17.3 Å². The maximum Gasteiger partial charge on any atom is 0.0481 e. The minimum atomic E-state index is -0.0905. The first-order valence-electron chi connectivity index (χ1n) is 4.35. The molecule has 2 heteroatoms. The van der Waals surface area contributed by atoms with E-state index in [-0.39, 0.29) is 6.04 Å². The van der Waals surface area contributed by atoms with Gasteiger partial charge in [-0.05, 0) is 29.7 Å². The predicted molar refractivity (Wildman–Crippen MR) is 58.0 cm³/mol. The summed E-state index contributed by atoms with van der Waals surface area (Å²) < 4.78 is 0. The highest BCUT2D eigenvalue weighted by molar-refractivity contribution is 6.30. The molecule has 0 radical (unpaired) electrons. The first-order valence-corrected chi connectivity index (χ1v) is 4.73. The van der Waals surface area contributed by atoms with E-state index in [2.05, 4.69) is 13.5 Å². The van der Waals surface area contributed by atoms with Crippen molar-refractivity contribution in [3.63, 3.8) is 0 Å². The molecule has 0 saturated heterocycles. The lowest BCUT2D eigenvalue weighted by atomic mass is 9.99. The molecule has 13 heavy (non-hydrogen) atoms. The molecule has 0 aliphatic rings. The molecule has 0 heterocycles. The molecule has 0 aliphatic heterocycles. The number of nitrogens with two attached hydrogens (primary N) is 1. The Labute approximate surface area is 84.2 Å². The van der Waals surface area contributed by atoms with Gasteiger partial charge >= 0.3 is 0 Å². The third kappa shape index (κ3) is 2.33. The Kier molecular flexibility index (Phi) is 3.52. The summed E-state index contributed by atoms with van der Waals surface area (Å²) in [6.45, 7) is 5.77. The molecule has 0 bridgehead atoms. The van der Waals surface area contributed by atoms with Gasteiger partial charge in [0.15, 0.2) is 0 Å². The smallest absolute Gasteiger partial charge is 0.0481 e. The zero-order chi connectivity index (χ0) is 9.84. The van der Waals surface area contributed by atoms with Crippen LogP contribution in [0.15, 0.2) is 30.9 Å². The molecule has 1 aromatic carbocycles. The SMILES string of the molecule is C=C[C@H](N)c1ccc(Cl)cc1CC. The van der Waals surface area contributed by atoms with Crippen LogP contribution in [0.25, 0.3) is 0 Å². The van der Waals surface area contributed by atoms with Gasteiger partial charge in [-0.2, -0.15) is 0 Å². The molecule has 1 rings (SSSR count). The molecule has 2 N–H and O–H groups in total. The normalized spacial score (nSPS) is 12.5. The second-order valence-electron chi connectivity index (χ2n) is 2.96. The topological polar surface area (TPSA) is 26.0 Å². The molecular formula is C11H14ClN. The molecule has 0 aromatic heterocycles. The second-order valence-corrected chi connectivity index (χ2v) is 3.39. The monoisotopic (exact) mass is 195 g/mol. The van der Waals surface area contributed by atoms with Crippen molar-refractivity contribution >= 4 is 11.6 Å². The fourth-order valence-corrected chi connectivity index (χ4v) is 1.53. The van der Waals surface area contributed by atoms with Crippen molar-refractivity contribution in [2.45, 2.75) is 19.4 Å².